The van der Waals surface area contributed by atoms with E-state index in [2.05, 4.69) is 35.1 Å². The molecule has 0 radical (unpaired) electrons. The molecule has 0 spiro atoms. The van der Waals surface area contributed by atoms with Gasteiger partial charge in [-0.05, 0) is 53.1 Å². The molecule has 0 saturated heterocycles. The Labute approximate surface area is 128 Å². The zero-order chi connectivity index (χ0) is 15.0. The van der Waals surface area contributed by atoms with Gasteiger partial charge in [0.15, 0.2) is 0 Å². The van der Waals surface area contributed by atoms with Crippen LogP contribution in [0.4, 0.5) is 0 Å². The van der Waals surface area contributed by atoms with Crippen LogP contribution in [0.25, 0.3) is 0 Å². The molecule has 2 rings (SSSR count). The van der Waals surface area contributed by atoms with E-state index in [-0.39, 0.29) is 5.91 Å². The summed E-state index contributed by atoms with van der Waals surface area (Å²) in [5.74, 6) is -0.142. The van der Waals surface area contributed by atoms with Crippen molar-refractivity contribution in [2.45, 2.75) is 45.1 Å². The summed E-state index contributed by atoms with van der Waals surface area (Å²) < 4.78 is 2.65. The Kier molecular flexibility index (Phi) is 4.30. The van der Waals surface area contributed by atoms with E-state index in [1.165, 1.54) is 0 Å². The first-order valence-corrected chi connectivity index (χ1v) is 7.83. The Hall–Kier alpha value is -0.810. The number of halogens is 1. The molecule has 1 amide bonds. The third kappa shape index (κ3) is 3.64. The number of amides is 1. The highest BCUT2D eigenvalue weighted by Gasteiger charge is 2.36. The maximum atomic E-state index is 12.1. The summed E-state index contributed by atoms with van der Waals surface area (Å²) in [7, 11) is 1.83. The molecule has 1 aromatic heterocycles. The van der Waals surface area contributed by atoms with Gasteiger partial charge in [-0.1, -0.05) is 13.8 Å². The lowest BCUT2D eigenvalue weighted by Crippen LogP contribution is -2.46. The zero-order valence-corrected chi connectivity index (χ0v) is 14.0. The van der Waals surface area contributed by atoms with Crippen LogP contribution in [-0.4, -0.2) is 27.7 Å². The Morgan fingerprint density at radius 1 is 1.40 bits per heavy atom. The van der Waals surface area contributed by atoms with Gasteiger partial charge >= 0.3 is 0 Å². The van der Waals surface area contributed by atoms with Crippen molar-refractivity contribution in [3.8, 4) is 0 Å². The Balaban J connectivity index is 1.92. The van der Waals surface area contributed by atoms with Gasteiger partial charge in [-0.15, -0.1) is 0 Å². The Morgan fingerprint density at radius 2 is 2.00 bits per heavy atom. The van der Waals surface area contributed by atoms with E-state index in [9.17, 15) is 9.90 Å². The van der Waals surface area contributed by atoms with E-state index in [4.69, 9.17) is 0 Å². The van der Waals surface area contributed by atoms with Gasteiger partial charge in [0.1, 0.15) is 5.69 Å². The monoisotopic (exact) mass is 342 g/mol. The lowest BCUT2D eigenvalue weighted by Gasteiger charge is -2.40. The average Bonchev–Trinajstić information content (AvgIpc) is 2.70. The van der Waals surface area contributed by atoms with E-state index in [1.807, 2.05) is 13.2 Å². The molecule has 5 heteroatoms. The topological polar surface area (TPSA) is 54.3 Å². The fraction of sp³-hybridized carbons (Fsp3) is 0.667. The van der Waals surface area contributed by atoms with Crippen LogP contribution in [0.15, 0.2) is 16.7 Å². The first-order valence-electron chi connectivity index (χ1n) is 7.03. The molecular formula is C15H23BrN2O2. The highest BCUT2D eigenvalue weighted by molar-refractivity contribution is 9.10. The number of hydrogen-bond donors (Lipinski definition) is 2. The molecule has 4 nitrogen and oxygen atoms in total. The third-order valence-electron chi connectivity index (χ3n) is 4.32. The fourth-order valence-electron chi connectivity index (χ4n) is 2.65. The molecule has 0 aromatic carbocycles. The standard InChI is InChI=1S/C15H23BrN2O2/c1-14(2)4-6-15(20,7-5-14)10-17-13(19)12-8-11(16)9-18(12)3/h8-9,20H,4-7,10H2,1-3H3,(H,17,19). The third-order valence-corrected chi connectivity index (χ3v) is 4.75. The predicted molar refractivity (Wildman–Crippen MR) is 82.6 cm³/mol. The van der Waals surface area contributed by atoms with Gasteiger partial charge in [0.2, 0.25) is 0 Å². The highest BCUT2D eigenvalue weighted by atomic mass is 79.9. The molecule has 0 atom stereocenters. The van der Waals surface area contributed by atoms with Gasteiger partial charge in [0, 0.05) is 24.3 Å². The zero-order valence-electron chi connectivity index (χ0n) is 12.4. The number of aliphatic hydroxyl groups is 1. The summed E-state index contributed by atoms with van der Waals surface area (Å²) >= 11 is 3.35. The molecule has 1 saturated carbocycles. The van der Waals surface area contributed by atoms with Crippen LogP contribution in [-0.2, 0) is 7.05 Å². The van der Waals surface area contributed by atoms with Crippen molar-refractivity contribution in [2.24, 2.45) is 12.5 Å². The number of aromatic nitrogens is 1. The first kappa shape index (κ1) is 15.6. The molecular weight excluding hydrogens is 320 g/mol. The normalized spacial score (nSPS) is 20.6. The predicted octanol–water partition coefficient (Wildman–Crippen LogP) is 2.85. The number of rotatable bonds is 3. The largest absolute Gasteiger partial charge is 0.388 e. The molecule has 1 aromatic rings. The molecule has 1 heterocycles. The molecule has 1 aliphatic carbocycles. The van der Waals surface area contributed by atoms with Crippen molar-refractivity contribution in [1.29, 1.82) is 0 Å². The number of hydrogen-bond acceptors (Lipinski definition) is 2. The van der Waals surface area contributed by atoms with Crippen LogP contribution in [0.3, 0.4) is 0 Å². The molecule has 1 fully saturated rings. The molecule has 0 unspecified atom stereocenters. The van der Waals surface area contributed by atoms with E-state index >= 15 is 0 Å². The lowest BCUT2D eigenvalue weighted by molar-refractivity contribution is -0.0233. The first-order chi connectivity index (χ1) is 9.21. The van der Waals surface area contributed by atoms with Gasteiger partial charge in [-0.3, -0.25) is 4.79 Å². The van der Waals surface area contributed by atoms with Crippen molar-refractivity contribution in [2.75, 3.05) is 6.54 Å². The van der Waals surface area contributed by atoms with Crippen LogP contribution in [0.1, 0.15) is 50.0 Å². The van der Waals surface area contributed by atoms with E-state index in [1.54, 1.807) is 10.6 Å². The minimum absolute atomic E-state index is 0.142. The van der Waals surface area contributed by atoms with Gasteiger partial charge in [0.25, 0.3) is 5.91 Å². The smallest absolute Gasteiger partial charge is 0.268 e. The Bertz CT molecular complexity index is 498. The van der Waals surface area contributed by atoms with Crippen molar-refractivity contribution in [3.05, 3.63) is 22.4 Å². The van der Waals surface area contributed by atoms with Crippen LogP contribution < -0.4 is 5.32 Å². The van der Waals surface area contributed by atoms with E-state index in [0.717, 1.165) is 30.2 Å². The summed E-state index contributed by atoms with van der Waals surface area (Å²) in [6.07, 6.45) is 5.32. The second-order valence-electron chi connectivity index (χ2n) is 6.73. The van der Waals surface area contributed by atoms with E-state index < -0.39 is 5.60 Å². The molecule has 0 bridgehead atoms. The SMILES string of the molecule is Cn1cc(Br)cc1C(=O)NCC1(O)CCC(C)(C)CC1. The number of carbonyl (C=O) groups excluding carboxylic acids is 1. The molecule has 2 N–H and O–H groups in total. The fourth-order valence-corrected chi connectivity index (χ4v) is 3.18. The quantitative estimate of drug-likeness (QED) is 0.887. The molecule has 112 valence electrons. The van der Waals surface area contributed by atoms with Crippen LogP contribution in [0.5, 0.6) is 0 Å². The number of nitrogens with one attached hydrogen (secondary N) is 1. The van der Waals surface area contributed by atoms with Crippen LogP contribution >= 0.6 is 15.9 Å². The van der Waals surface area contributed by atoms with E-state index in [0.29, 0.717) is 17.7 Å². The number of nitrogens with zero attached hydrogens (tertiary/aromatic N) is 1. The van der Waals surface area contributed by atoms with Gasteiger partial charge in [-0.25, -0.2) is 0 Å². The summed E-state index contributed by atoms with van der Waals surface area (Å²) in [6.45, 7) is 4.78. The maximum Gasteiger partial charge on any atom is 0.268 e. The van der Waals surface area contributed by atoms with Crippen LogP contribution in [0, 0.1) is 5.41 Å². The number of aryl methyl sites for hydroxylation is 1. The summed E-state index contributed by atoms with van der Waals surface area (Å²) in [5.41, 5.74) is 0.142. The minimum Gasteiger partial charge on any atom is -0.388 e. The lowest BCUT2D eigenvalue weighted by atomic mass is 9.71. The van der Waals surface area contributed by atoms with Gasteiger partial charge in [-0.2, -0.15) is 0 Å². The Morgan fingerprint density at radius 3 is 2.50 bits per heavy atom. The van der Waals surface area contributed by atoms with Crippen molar-refractivity contribution in [1.82, 2.24) is 9.88 Å². The maximum absolute atomic E-state index is 12.1. The highest BCUT2D eigenvalue weighted by Crippen LogP contribution is 2.39. The second-order valence-corrected chi connectivity index (χ2v) is 7.64. The molecule has 0 aliphatic heterocycles. The van der Waals surface area contributed by atoms with Crippen molar-refractivity contribution < 1.29 is 9.90 Å². The van der Waals surface area contributed by atoms with Gasteiger partial charge in [0.05, 0.1) is 5.60 Å². The summed E-state index contributed by atoms with van der Waals surface area (Å²) in [4.78, 5) is 12.1. The van der Waals surface area contributed by atoms with Crippen molar-refractivity contribution >= 4 is 21.8 Å². The molecule has 1 aliphatic rings. The minimum atomic E-state index is -0.756. The number of carbonyl (C=O) groups is 1. The van der Waals surface area contributed by atoms with Gasteiger partial charge < -0.3 is 15.0 Å². The average molecular weight is 343 g/mol. The van der Waals surface area contributed by atoms with Crippen molar-refractivity contribution in [3.63, 3.8) is 0 Å². The molecule has 20 heavy (non-hydrogen) atoms. The summed E-state index contributed by atoms with van der Waals surface area (Å²) in [6, 6.07) is 1.78. The second kappa shape index (κ2) is 5.53. The van der Waals surface area contributed by atoms with Crippen LogP contribution in [0.2, 0.25) is 0 Å². The summed E-state index contributed by atoms with van der Waals surface area (Å²) in [5, 5.41) is 13.4.